The average molecular weight is 402 g/mol. The molecule has 2 aromatic heterocycles. The SMILES string of the molecule is CCN(C(=O)CSCc1cc(=O)n2ccsc2n1)[C@@H]1CCS(=O)(=O)C1. The number of hydrogen-bond acceptors (Lipinski definition) is 7. The maximum absolute atomic E-state index is 12.4. The van der Waals surface area contributed by atoms with E-state index in [4.69, 9.17) is 0 Å². The highest BCUT2D eigenvalue weighted by molar-refractivity contribution is 7.99. The number of rotatable bonds is 6. The molecule has 0 bridgehead atoms. The number of carbonyl (C=O) groups excluding carboxylic acids is 1. The van der Waals surface area contributed by atoms with Gasteiger partial charge in [0.05, 0.1) is 23.0 Å². The topological polar surface area (TPSA) is 88.8 Å². The molecular formula is C15H19N3O4S3. The Kier molecular flexibility index (Phi) is 5.49. The second kappa shape index (κ2) is 7.46. The maximum atomic E-state index is 12.4. The Morgan fingerprint density at radius 1 is 1.52 bits per heavy atom. The molecule has 1 aliphatic heterocycles. The minimum absolute atomic E-state index is 0.0601. The zero-order chi connectivity index (χ0) is 18.0. The van der Waals surface area contributed by atoms with Crippen molar-refractivity contribution in [1.82, 2.24) is 14.3 Å². The number of nitrogens with zero attached hydrogens (tertiary/aromatic N) is 3. The van der Waals surface area contributed by atoms with E-state index in [0.717, 1.165) is 0 Å². The molecule has 7 nitrogen and oxygen atoms in total. The lowest BCUT2D eigenvalue weighted by Crippen LogP contribution is -2.42. The van der Waals surface area contributed by atoms with E-state index < -0.39 is 9.84 Å². The van der Waals surface area contributed by atoms with Gasteiger partial charge in [-0.2, -0.15) is 0 Å². The fourth-order valence-electron chi connectivity index (χ4n) is 2.95. The average Bonchev–Trinajstić information content (AvgIpc) is 3.15. The smallest absolute Gasteiger partial charge is 0.258 e. The Bertz CT molecular complexity index is 935. The molecule has 1 amide bonds. The van der Waals surface area contributed by atoms with Gasteiger partial charge >= 0.3 is 0 Å². The van der Waals surface area contributed by atoms with Crippen LogP contribution in [-0.2, 0) is 20.4 Å². The van der Waals surface area contributed by atoms with E-state index in [0.29, 0.717) is 29.4 Å². The number of carbonyl (C=O) groups is 1. The summed E-state index contributed by atoms with van der Waals surface area (Å²) in [5.41, 5.74) is 0.524. The lowest BCUT2D eigenvalue weighted by atomic mass is 10.2. The van der Waals surface area contributed by atoms with Crippen LogP contribution in [0, 0.1) is 0 Å². The Labute approximate surface area is 154 Å². The summed E-state index contributed by atoms with van der Waals surface area (Å²) < 4.78 is 24.7. The highest BCUT2D eigenvalue weighted by atomic mass is 32.2. The quantitative estimate of drug-likeness (QED) is 0.718. The minimum atomic E-state index is -3.01. The van der Waals surface area contributed by atoms with Gasteiger partial charge in [-0.15, -0.1) is 23.1 Å². The van der Waals surface area contributed by atoms with Gasteiger partial charge in [-0.3, -0.25) is 14.0 Å². The van der Waals surface area contributed by atoms with Crippen molar-refractivity contribution in [3.8, 4) is 0 Å². The van der Waals surface area contributed by atoms with E-state index in [1.54, 1.807) is 16.5 Å². The molecule has 3 rings (SSSR count). The number of aromatic nitrogens is 2. The van der Waals surface area contributed by atoms with E-state index in [9.17, 15) is 18.0 Å². The van der Waals surface area contributed by atoms with Crippen molar-refractivity contribution in [2.45, 2.75) is 25.1 Å². The number of sulfone groups is 1. The van der Waals surface area contributed by atoms with Crippen molar-refractivity contribution in [2.75, 3.05) is 23.8 Å². The van der Waals surface area contributed by atoms with Crippen LogP contribution in [0.5, 0.6) is 0 Å². The monoisotopic (exact) mass is 401 g/mol. The molecule has 0 saturated carbocycles. The number of thiazole rings is 1. The summed E-state index contributed by atoms with van der Waals surface area (Å²) in [6.07, 6.45) is 2.20. The van der Waals surface area contributed by atoms with Gasteiger partial charge in [-0.25, -0.2) is 13.4 Å². The zero-order valence-corrected chi connectivity index (χ0v) is 16.2. The summed E-state index contributed by atoms with van der Waals surface area (Å²) in [4.78, 5) is 31.1. The Hall–Kier alpha value is -1.39. The van der Waals surface area contributed by atoms with E-state index >= 15 is 0 Å². The van der Waals surface area contributed by atoms with Crippen LogP contribution in [-0.4, -0.2) is 58.5 Å². The van der Waals surface area contributed by atoms with Crippen molar-refractivity contribution >= 4 is 43.8 Å². The van der Waals surface area contributed by atoms with E-state index in [1.165, 1.54) is 33.6 Å². The van der Waals surface area contributed by atoms with Crippen LogP contribution in [0.25, 0.3) is 4.96 Å². The lowest BCUT2D eigenvalue weighted by Gasteiger charge is -2.26. The molecule has 0 aliphatic carbocycles. The van der Waals surface area contributed by atoms with Crippen molar-refractivity contribution in [1.29, 1.82) is 0 Å². The summed E-state index contributed by atoms with van der Waals surface area (Å²) in [7, 11) is -3.01. The van der Waals surface area contributed by atoms with Crippen LogP contribution in [0.1, 0.15) is 19.0 Å². The van der Waals surface area contributed by atoms with Gasteiger partial charge < -0.3 is 4.90 Å². The van der Waals surface area contributed by atoms with E-state index in [2.05, 4.69) is 4.98 Å². The van der Waals surface area contributed by atoms with Crippen molar-refractivity contribution in [3.63, 3.8) is 0 Å². The van der Waals surface area contributed by atoms with Gasteiger partial charge in [0.2, 0.25) is 5.91 Å². The third-order valence-electron chi connectivity index (χ3n) is 4.14. The summed E-state index contributed by atoms with van der Waals surface area (Å²) in [6, 6.07) is 1.27. The summed E-state index contributed by atoms with van der Waals surface area (Å²) >= 11 is 2.78. The molecule has 0 radical (unpaired) electrons. The largest absolute Gasteiger partial charge is 0.338 e. The molecule has 0 spiro atoms. The van der Waals surface area contributed by atoms with Crippen LogP contribution in [0.2, 0.25) is 0 Å². The van der Waals surface area contributed by atoms with Gasteiger partial charge in [0.25, 0.3) is 5.56 Å². The molecule has 1 atom stereocenters. The number of fused-ring (bicyclic) bond motifs is 1. The third kappa shape index (κ3) is 4.24. The molecule has 1 aliphatic rings. The molecule has 0 unspecified atom stereocenters. The molecule has 25 heavy (non-hydrogen) atoms. The summed E-state index contributed by atoms with van der Waals surface area (Å²) in [5, 5.41) is 1.80. The molecule has 3 heterocycles. The first-order valence-electron chi connectivity index (χ1n) is 7.93. The third-order valence-corrected chi connectivity index (χ3v) is 7.60. The lowest BCUT2D eigenvalue weighted by molar-refractivity contribution is -0.129. The van der Waals surface area contributed by atoms with Crippen molar-refractivity contribution < 1.29 is 13.2 Å². The van der Waals surface area contributed by atoms with E-state index in [1.807, 2.05) is 6.92 Å². The molecule has 0 aromatic carbocycles. The molecule has 1 fully saturated rings. The van der Waals surface area contributed by atoms with Gasteiger partial charge in [0, 0.05) is 36.0 Å². The normalized spacial score (nSPS) is 19.3. The second-order valence-corrected chi connectivity index (χ2v) is 9.96. The number of hydrogen-bond donors (Lipinski definition) is 0. The fourth-order valence-corrected chi connectivity index (χ4v) is 6.22. The van der Waals surface area contributed by atoms with Gasteiger partial charge in [-0.1, -0.05) is 0 Å². The fraction of sp³-hybridized carbons (Fsp3) is 0.533. The first-order valence-corrected chi connectivity index (χ1v) is 11.8. The molecular weight excluding hydrogens is 382 g/mol. The standard InChI is InChI=1S/C15H19N3O4S3/c1-2-17(12-3-6-25(21,22)10-12)14(20)9-23-8-11-7-13(19)18-4-5-24-15(18)16-11/h4-5,7,12H,2-3,6,8-10H2,1H3/t12-/m1/s1. The van der Waals surface area contributed by atoms with E-state index in [-0.39, 0.29) is 34.8 Å². The van der Waals surface area contributed by atoms with Gasteiger partial charge in [0.1, 0.15) is 0 Å². The maximum Gasteiger partial charge on any atom is 0.258 e. The molecule has 0 N–H and O–H groups in total. The Morgan fingerprint density at radius 2 is 2.32 bits per heavy atom. The molecule has 10 heteroatoms. The van der Waals surface area contributed by atoms with Crippen LogP contribution in [0.4, 0.5) is 0 Å². The van der Waals surface area contributed by atoms with Crippen LogP contribution >= 0.6 is 23.1 Å². The van der Waals surface area contributed by atoms with Gasteiger partial charge in [0.15, 0.2) is 14.8 Å². The summed E-state index contributed by atoms with van der Waals surface area (Å²) in [6.45, 7) is 2.36. The molecule has 1 saturated heterocycles. The predicted octanol–water partition coefficient (Wildman–Crippen LogP) is 1.02. The Morgan fingerprint density at radius 3 is 3.00 bits per heavy atom. The number of amides is 1. The van der Waals surface area contributed by atoms with Crippen LogP contribution < -0.4 is 5.56 Å². The second-order valence-electron chi connectivity index (χ2n) is 5.87. The van der Waals surface area contributed by atoms with Crippen molar-refractivity contribution in [2.24, 2.45) is 0 Å². The predicted molar refractivity (Wildman–Crippen MR) is 99.9 cm³/mol. The molecule has 2 aromatic rings. The highest BCUT2D eigenvalue weighted by Crippen LogP contribution is 2.19. The highest BCUT2D eigenvalue weighted by Gasteiger charge is 2.33. The number of thioether (sulfide) groups is 1. The van der Waals surface area contributed by atoms with Crippen molar-refractivity contribution in [3.05, 3.63) is 33.7 Å². The first-order chi connectivity index (χ1) is 11.9. The Balaban J connectivity index is 1.58. The van der Waals surface area contributed by atoms with Crippen LogP contribution in [0.3, 0.4) is 0 Å². The minimum Gasteiger partial charge on any atom is -0.338 e. The first kappa shape index (κ1) is 18.4. The zero-order valence-electron chi connectivity index (χ0n) is 13.8. The summed E-state index contributed by atoms with van der Waals surface area (Å²) in [5.74, 6) is 0.864. The van der Waals surface area contributed by atoms with Gasteiger partial charge in [-0.05, 0) is 13.3 Å². The molecule has 136 valence electrons. The van der Waals surface area contributed by atoms with Crippen LogP contribution in [0.15, 0.2) is 22.4 Å².